The minimum Gasteiger partial charge on any atom is -0.502 e. The third-order valence-electron chi connectivity index (χ3n) is 4.10. The molecule has 0 radical (unpaired) electrons. The van der Waals surface area contributed by atoms with Gasteiger partial charge in [-0.3, -0.25) is 9.59 Å². The summed E-state index contributed by atoms with van der Waals surface area (Å²) in [5.41, 5.74) is -0.613. The molecule has 1 aromatic rings. The summed E-state index contributed by atoms with van der Waals surface area (Å²) in [5, 5.41) is 11.9. The number of hydrogen-bond acceptors (Lipinski definition) is 5. The lowest BCUT2D eigenvalue weighted by atomic mass is 9.94. The van der Waals surface area contributed by atoms with Crippen LogP contribution < -0.4 is 10.7 Å². The van der Waals surface area contributed by atoms with Crippen molar-refractivity contribution in [3.05, 3.63) is 28.3 Å². The van der Waals surface area contributed by atoms with Crippen LogP contribution >= 0.6 is 0 Å². The lowest BCUT2D eigenvalue weighted by Crippen LogP contribution is -2.39. The first kappa shape index (κ1) is 17.5. The van der Waals surface area contributed by atoms with E-state index >= 15 is 0 Å². The Balaban J connectivity index is 1.76. The smallest absolute Gasteiger partial charge is 0.287 e. The van der Waals surface area contributed by atoms with Gasteiger partial charge in [0.05, 0.1) is 0 Å². The standard InChI is InChI=1S/C17H26N2O4/c1-12(2)9-19-7-3-4-13(10-19)5-6-18-17(22)16-8-14(20)15(21)11-23-16/h8,11-13,21H,3-7,9-10H2,1-2H3,(H,18,22)/t13-/m1/s1. The van der Waals surface area contributed by atoms with Crippen LogP contribution in [-0.2, 0) is 0 Å². The second kappa shape index (κ2) is 8.15. The number of rotatable bonds is 6. The molecular formula is C17H26N2O4. The average Bonchev–Trinajstić information content (AvgIpc) is 2.49. The molecule has 0 aliphatic carbocycles. The predicted octanol–water partition coefficient (Wildman–Crippen LogP) is 1.83. The SMILES string of the molecule is CC(C)CN1CCC[C@H](CCNC(=O)c2cc(=O)c(O)co2)C1. The van der Waals surface area contributed by atoms with Crippen molar-refractivity contribution in [2.24, 2.45) is 11.8 Å². The minimum absolute atomic E-state index is 0.0714. The molecule has 0 saturated carbocycles. The van der Waals surface area contributed by atoms with Gasteiger partial charge in [-0.2, -0.15) is 0 Å². The van der Waals surface area contributed by atoms with E-state index in [-0.39, 0.29) is 5.76 Å². The Labute approximate surface area is 136 Å². The number of nitrogens with one attached hydrogen (secondary N) is 1. The lowest BCUT2D eigenvalue weighted by Gasteiger charge is -2.33. The highest BCUT2D eigenvalue weighted by Gasteiger charge is 2.20. The molecule has 2 N–H and O–H groups in total. The van der Waals surface area contributed by atoms with Crippen molar-refractivity contribution in [3.63, 3.8) is 0 Å². The van der Waals surface area contributed by atoms with Crippen LogP contribution in [0.5, 0.6) is 5.75 Å². The molecule has 1 atom stereocenters. The van der Waals surface area contributed by atoms with E-state index in [2.05, 4.69) is 24.1 Å². The number of aromatic hydroxyl groups is 1. The van der Waals surface area contributed by atoms with Crippen molar-refractivity contribution in [3.8, 4) is 5.75 Å². The maximum atomic E-state index is 11.9. The number of likely N-dealkylation sites (tertiary alicyclic amines) is 1. The first-order chi connectivity index (χ1) is 11.0. The summed E-state index contributed by atoms with van der Waals surface area (Å²) in [7, 11) is 0. The van der Waals surface area contributed by atoms with Crippen LogP contribution in [-0.4, -0.2) is 42.1 Å². The Hall–Kier alpha value is -1.82. The van der Waals surface area contributed by atoms with Gasteiger partial charge in [0.1, 0.15) is 6.26 Å². The molecule has 0 aromatic carbocycles. The summed E-state index contributed by atoms with van der Waals surface area (Å²) in [6, 6.07) is 1.01. The minimum atomic E-state index is -0.613. The molecule has 0 bridgehead atoms. The van der Waals surface area contributed by atoms with E-state index in [9.17, 15) is 9.59 Å². The van der Waals surface area contributed by atoms with Gasteiger partial charge in [-0.25, -0.2) is 0 Å². The molecule has 1 aliphatic heterocycles. The van der Waals surface area contributed by atoms with Gasteiger partial charge in [0.2, 0.25) is 5.43 Å². The molecular weight excluding hydrogens is 296 g/mol. The molecule has 0 unspecified atom stereocenters. The van der Waals surface area contributed by atoms with Crippen molar-refractivity contribution in [1.29, 1.82) is 0 Å². The van der Waals surface area contributed by atoms with Crippen LogP contribution in [0.15, 0.2) is 21.5 Å². The van der Waals surface area contributed by atoms with Gasteiger partial charge in [-0.15, -0.1) is 0 Å². The number of carbonyl (C=O) groups excluding carboxylic acids is 1. The number of nitrogens with zero attached hydrogens (tertiary/aromatic N) is 1. The summed E-state index contributed by atoms with van der Waals surface area (Å²) in [6.07, 6.45) is 4.21. The van der Waals surface area contributed by atoms with E-state index in [1.807, 2.05) is 0 Å². The third-order valence-corrected chi connectivity index (χ3v) is 4.10. The van der Waals surface area contributed by atoms with Crippen LogP contribution in [0.25, 0.3) is 0 Å². The summed E-state index contributed by atoms with van der Waals surface area (Å²) < 4.78 is 4.93. The Morgan fingerprint density at radius 1 is 1.52 bits per heavy atom. The first-order valence-corrected chi connectivity index (χ1v) is 8.28. The van der Waals surface area contributed by atoms with Crippen molar-refractivity contribution < 1.29 is 14.3 Å². The summed E-state index contributed by atoms with van der Waals surface area (Å²) in [4.78, 5) is 25.7. The van der Waals surface area contributed by atoms with E-state index in [0.717, 1.165) is 31.8 Å². The molecule has 1 amide bonds. The molecule has 6 nitrogen and oxygen atoms in total. The molecule has 2 rings (SSSR count). The van der Waals surface area contributed by atoms with Gasteiger partial charge < -0.3 is 19.7 Å². The van der Waals surface area contributed by atoms with Crippen LogP contribution in [0.4, 0.5) is 0 Å². The van der Waals surface area contributed by atoms with Gasteiger partial charge in [0.25, 0.3) is 5.91 Å². The molecule has 0 spiro atoms. The topological polar surface area (TPSA) is 82.8 Å². The fourth-order valence-electron chi connectivity index (χ4n) is 3.07. The number of amides is 1. The van der Waals surface area contributed by atoms with Crippen molar-refractivity contribution in [2.45, 2.75) is 33.1 Å². The monoisotopic (exact) mass is 322 g/mol. The quantitative estimate of drug-likeness (QED) is 0.835. The fourth-order valence-corrected chi connectivity index (χ4v) is 3.07. The second-order valence-electron chi connectivity index (χ2n) is 6.70. The van der Waals surface area contributed by atoms with E-state index in [0.29, 0.717) is 18.4 Å². The van der Waals surface area contributed by atoms with Gasteiger partial charge in [0.15, 0.2) is 11.5 Å². The Morgan fingerprint density at radius 2 is 2.30 bits per heavy atom. The zero-order chi connectivity index (χ0) is 16.8. The zero-order valence-corrected chi connectivity index (χ0v) is 13.9. The third kappa shape index (κ3) is 5.39. The maximum Gasteiger partial charge on any atom is 0.287 e. The molecule has 1 aromatic heterocycles. The maximum absolute atomic E-state index is 11.9. The van der Waals surface area contributed by atoms with Crippen LogP contribution in [0.2, 0.25) is 0 Å². The summed E-state index contributed by atoms with van der Waals surface area (Å²) in [5.74, 6) is 0.282. The highest BCUT2D eigenvalue weighted by Crippen LogP contribution is 2.20. The van der Waals surface area contributed by atoms with E-state index in [4.69, 9.17) is 9.52 Å². The Kier molecular flexibility index (Phi) is 6.21. The highest BCUT2D eigenvalue weighted by atomic mass is 16.4. The van der Waals surface area contributed by atoms with Gasteiger partial charge >= 0.3 is 0 Å². The summed E-state index contributed by atoms with van der Waals surface area (Å²) in [6.45, 7) is 8.40. The normalized spacial score (nSPS) is 19.0. The predicted molar refractivity (Wildman–Crippen MR) is 87.6 cm³/mol. The van der Waals surface area contributed by atoms with Gasteiger partial charge in [0, 0.05) is 25.7 Å². The van der Waals surface area contributed by atoms with E-state index in [1.54, 1.807) is 0 Å². The van der Waals surface area contributed by atoms with Gasteiger partial charge in [-0.1, -0.05) is 13.8 Å². The zero-order valence-electron chi connectivity index (χ0n) is 13.9. The summed E-state index contributed by atoms with van der Waals surface area (Å²) >= 11 is 0. The fraction of sp³-hybridized carbons (Fsp3) is 0.647. The molecule has 6 heteroatoms. The molecule has 1 fully saturated rings. The van der Waals surface area contributed by atoms with Crippen LogP contribution in [0.3, 0.4) is 0 Å². The van der Waals surface area contributed by atoms with E-state index < -0.39 is 17.1 Å². The van der Waals surface area contributed by atoms with Gasteiger partial charge in [-0.05, 0) is 37.6 Å². The van der Waals surface area contributed by atoms with Crippen molar-refractivity contribution >= 4 is 5.91 Å². The van der Waals surface area contributed by atoms with E-state index in [1.165, 1.54) is 19.4 Å². The molecule has 1 aliphatic rings. The second-order valence-corrected chi connectivity index (χ2v) is 6.70. The highest BCUT2D eigenvalue weighted by molar-refractivity contribution is 5.91. The Morgan fingerprint density at radius 3 is 3.00 bits per heavy atom. The average molecular weight is 322 g/mol. The first-order valence-electron chi connectivity index (χ1n) is 8.28. The lowest BCUT2D eigenvalue weighted by molar-refractivity contribution is 0.0915. The largest absolute Gasteiger partial charge is 0.502 e. The van der Waals surface area contributed by atoms with Crippen LogP contribution in [0.1, 0.15) is 43.7 Å². The van der Waals surface area contributed by atoms with Crippen molar-refractivity contribution in [1.82, 2.24) is 10.2 Å². The number of hydrogen-bond donors (Lipinski definition) is 2. The molecule has 23 heavy (non-hydrogen) atoms. The molecule has 2 heterocycles. The number of carbonyl (C=O) groups is 1. The van der Waals surface area contributed by atoms with Crippen LogP contribution in [0, 0.1) is 11.8 Å². The number of piperidine rings is 1. The molecule has 128 valence electrons. The Bertz CT molecular complexity index is 582. The van der Waals surface area contributed by atoms with Crippen molar-refractivity contribution in [2.75, 3.05) is 26.2 Å². The molecule has 1 saturated heterocycles.